The summed E-state index contributed by atoms with van der Waals surface area (Å²) in [6.45, 7) is 2.55. The molecule has 1 amide bonds. The van der Waals surface area contributed by atoms with Crippen LogP contribution in [0.2, 0.25) is 0 Å². The minimum absolute atomic E-state index is 0.126. The van der Waals surface area contributed by atoms with Gasteiger partial charge in [0.2, 0.25) is 0 Å². The molecule has 0 aromatic heterocycles. The van der Waals surface area contributed by atoms with Crippen LogP contribution in [0.15, 0.2) is 46.9 Å². The lowest BCUT2D eigenvalue weighted by Crippen LogP contribution is -2.12. The lowest BCUT2D eigenvalue weighted by Gasteiger charge is -2.08. The van der Waals surface area contributed by atoms with Crippen LogP contribution in [0.4, 0.5) is 5.69 Å². The Balaban J connectivity index is 2.11. The highest BCUT2D eigenvalue weighted by Crippen LogP contribution is 2.24. The Kier molecular flexibility index (Phi) is 4.93. The van der Waals surface area contributed by atoms with E-state index in [-0.39, 0.29) is 5.91 Å². The maximum Gasteiger partial charge on any atom is 0.255 e. The van der Waals surface area contributed by atoms with E-state index >= 15 is 0 Å². The predicted molar refractivity (Wildman–Crippen MR) is 84.0 cm³/mol. The third-order valence-corrected chi connectivity index (χ3v) is 3.56. The van der Waals surface area contributed by atoms with Gasteiger partial charge in [0, 0.05) is 17.1 Å². The van der Waals surface area contributed by atoms with E-state index in [2.05, 4.69) is 21.2 Å². The summed E-state index contributed by atoms with van der Waals surface area (Å²) in [6.07, 6.45) is 0. The van der Waals surface area contributed by atoms with Gasteiger partial charge in [-0.15, -0.1) is 0 Å². The Bertz CT molecular complexity index is 608. The smallest absolute Gasteiger partial charge is 0.255 e. The lowest BCUT2D eigenvalue weighted by atomic mass is 10.1. The van der Waals surface area contributed by atoms with E-state index in [1.54, 1.807) is 19.2 Å². The van der Waals surface area contributed by atoms with Crippen LogP contribution in [0, 0.1) is 6.92 Å². The van der Waals surface area contributed by atoms with Crippen LogP contribution in [0.3, 0.4) is 0 Å². The molecule has 0 radical (unpaired) electrons. The van der Waals surface area contributed by atoms with Crippen molar-refractivity contribution in [2.45, 2.75) is 13.5 Å². The molecule has 0 bridgehead atoms. The molecule has 2 aromatic carbocycles. The van der Waals surface area contributed by atoms with Gasteiger partial charge < -0.3 is 10.1 Å². The Hall–Kier alpha value is -1.65. The minimum atomic E-state index is -0.126. The summed E-state index contributed by atoms with van der Waals surface area (Å²) in [4.78, 5) is 12.2. The highest BCUT2D eigenvalue weighted by molar-refractivity contribution is 9.10. The highest BCUT2D eigenvalue weighted by atomic mass is 79.9. The number of hydrogen-bond donors (Lipinski definition) is 1. The molecule has 0 aliphatic carbocycles. The summed E-state index contributed by atoms with van der Waals surface area (Å²) < 4.78 is 5.92. The predicted octanol–water partition coefficient (Wildman–Crippen LogP) is 4.16. The van der Waals surface area contributed by atoms with E-state index in [0.717, 1.165) is 21.3 Å². The second-order valence-corrected chi connectivity index (χ2v) is 5.42. The van der Waals surface area contributed by atoms with Crippen molar-refractivity contribution in [1.82, 2.24) is 0 Å². The summed E-state index contributed by atoms with van der Waals surface area (Å²) in [5.74, 6) is -0.126. The van der Waals surface area contributed by atoms with Gasteiger partial charge in [-0.1, -0.05) is 18.2 Å². The van der Waals surface area contributed by atoms with Crippen molar-refractivity contribution in [3.05, 3.63) is 63.6 Å². The summed E-state index contributed by atoms with van der Waals surface area (Å²) in [5.41, 5.74) is 3.57. The molecular formula is C16H16BrNO2. The van der Waals surface area contributed by atoms with E-state index in [4.69, 9.17) is 4.74 Å². The fraction of sp³-hybridized carbons (Fsp3) is 0.188. The van der Waals surface area contributed by atoms with Crippen molar-refractivity contribution in [3.8, 4) is 0 Å². The zero-order chi connectivity index (χ0) is 14.5. The first-order valence-electron chi connectivity index (χ1n) is 6.25. The van der Waals surface area contributed by atoms with Crippen molar-refractivity contribution in [1.29, 1.82) is 0 Å². The van der Waals surface area contributed by atoms with Gasteiger partial charge in [0.05, 0.1) is 12.3 Å². The second-order valence-electron chi connectivity index (χ2n) is 4.57. The quantitative estimate of drug-likeness (QED) is 0.912. The first-order chi connectivity index (χ1) is 9.60. The van der Waals surface area contributed by atoms with Crippen LogP contribution in [0.25, 0.3) is 0 Å². The summed E-state index contributed by atoms with van der Waals surface area (Å²) in [5, 5.41) is 2.89. The van der Waals surface area contributed by atoms with Gasteiger partial charge in [-0.25, -0.2) is 0 Å². The van der Waals surface area contributed by atoms with Gasteiger partial charge in [0.25, 0.3) is 5.91 Å². The van der Waals surface area contributed by atoms with Gasteiger partial charge in [0.15, 0.2) is 0 Å². The summed E-state index contributed by atoms with van der Waals surface area (Å²) >= 11 is 3.45. The number of halogens is 1. The number of methoxy groups -OCH3 is 1. The van der Waals surface area contributed by atoms with Crippen molar-refractivity contribution in [2.75, 3.05) is 12.4 Å². The molecule has 104 valence electrons. The molecule has 3 nitrogen and oxygen atoms in total. The topological polar surface area (TPSA) is 38.3 Å². The first kappa shape index (κ1) is 14.8. The van der Waals surface area contributed by atoms with Gasteiger partial charge in [-0.2, -0.15) is 0 Å². The van der Waals surface area contributed by atoms with E-state index in [0.29, 0.717) is 12.2 Å². The monoisotopic (exact) mass is 333 g/mol. The Morgan fingerprint density at radius 2 is 1.90 bits per heavy atom. The molecule has 0 aliphatic heterocycles. The molecular weight excluding hydrogens is 318 g/mol. The molecule has 2 rings (SSSR count). The number of benzene rings is 2. The van der Waals surface area contributed by atoms with Crippen molar-refractivity contribution in [2.24, 2.45) is 0 Å². The van der Waals surface area contributed by atoms with E-state index in [9.17, 15) is 4.79 Å². The maximum atomic E-state index is 12.2. The van der Waals surface area contributed by atoms with Gasteiger partial charge in [-0.3, -0.25) is 4.79 Å². The summed E-state index contributed by atoms with van der Waals surface area (Å²) in [7, 11) is 1.65. The minimum Gasteiger partial charge on any atom is -0.380 e. The number of aryl methyl sites for hydroxylation is 1. The third-order valence-electron chi connectivity index (χ3n) is 2.90. The number of carbonyl (C=O) groups is 1. The highest BCUT2D eigenvalue weighted by Gasteiger charge is 2.08. The summed E-state index contributed by atoms with van der Waals surface area (Å²) in [6, 6.07) is 13.2. The van der Waals surface area contributed by atoms with Gasteiger partial charge in [0.1, 0.15) is 0 Å². The SMILES string of the molecule is COCc1ccc(C(=O)Nc2ccc(C)cc2Br)cc1. The number of anilines is 1. The standard InChI is InChI=1S/C16H16BrNO2/c1-11-3-8-15(14(17)9-11)18-16(19)13-6-4-12(5-7-13)10-20-2/h3-9H,10H2,1-2H3,(H,18,19). The van der Waals surface area contributed by atoms with Crippen LogP contribution in [-0.2, 0) is 11.3 Å². The third kappa shape index (κ3) is 3.68. The van der Waals surface area contributed by atoms with E-state index in [1.807, 2.05) is 37.3 Å². The van der Waals surface area contributed by atoms with Gasteiger partial charge >= 0.3 is 0 Å². The fourth-order valence-electron chi connectivity index (χ4n) is 1.84. The van der Waals surface area contributed by atoms with Crippen molar-refractivity contribution >= 4 is 27.5 Å². The zero-order valence-corrected chi connectivity index (χ0v) is 13.0. The molecule has 0 unspecified atom stereocenters. The molecule has 0 spiro atoms. The van der Waals surface area contributed by atoms with Crippen LogP contribution < -0.4 is 5.32 Å². The molecule has 1 N–H and O–H groups in total. The molecule has 0 heterocycles. The Morgan fingerprint density at radius 3 is 2.50 bits per heavy atom. The largest absolute Gasteiger partial charge is 0.380 e. The number of ether oxygens (including phenoxy) is 1. The lowest BCUT2D eigenvalue weighted by molar-refractivity contribution is 0.102. The molecule has 0 saturated carbocycles. The Morgan fingerprint density at radius 1 is 1.20 bits per heavy atom. The number of hydrogen-bond acceptors (Lipinski definition) is 2. The average molecular weight is 334 g/mol. The molecule has 20 heavy (non-hydrogen) atoms. The van der Waals surface area contributed by atoms with E-state index < -0.39 is 0 Å². The second kappa shape index (κ2) is 6.68. The Labute approximate surface area is 127 Å². The average Bonchev–Trinajstić information content (AvgIpc) is 2.43. The number of rotatable bonds is 4. The van der Waals surface area contributed by atoms with Crippen LogP contribution in [0.5, 0.6) is 0 Å². The number of amides is 1. The fourth-order valence-corrected chi connectivity index (χ4v) is 2.43. The van der Waals surface area contributed by atoms with Crippen LogP contribution in [-0.4, -0.2) is 13.0 Å². The zero-order valence-electron chi connectivity index (χ0n) is 11.4. The number of carbonyl (C=O) groups excluding carboxylic acids is 1. The van der Waals surface area contributed by atoms with Gasteiger partial charge in [-0.05, 0) is 58.2 Å². The van der Waals surface area contributed by atoms with Crippen LogP contribution >= 0.6 is 15.9 Å². The molecule has 0 atom stereocenters. The van der Waals surface area contributed by atoms with E-state index in [1.165, 1.54) is 0 Å². The first-order valence-corrected chi connectivity index (χ1v) is 7.05. The van der Waals surface area contributed by atoms with Crippen LogP contribution in [0.1, 0.15) is 21.5 Å². The maximum absolute atomic E-state index is 12.2. The molecule has 0 saturated heterocycles. The molecule has 0 fully saturated rings. The van der Waals surface area contributed by atoms with Crippen molar-refractivity contribution < 1.29 is 9.53 Å². The molecule has 2 aromatic rings. The molecule has 0 aliphatic rings. The normalized spacial score (nSPS) is 10.3. The van der Waals surface area contributed by atoms with Crippen molar-refractivity contribution in [3.63, 3.8) is 0 Å². The molecule has 4 heteroatoms. The number of nitrogens with one attached hydrogen (secondary N) is 1.